The predicted molar refractivity (Wildman–Crippen MR) is 161 cm³/mol. The van der Waals surface area contributed by atoms with Crippen LogP contribution in [0.2, 0.25) is 0 Å². The molecular formula is C32H38FN5O6. The lowest BCUT2D eigenvalue weighted by atomic mass is 9.98. The number of piperidine rings is 1. The van der Waals surface area contributed by atoms with E-state index in [1.165, 1.54) is 23.2 Å². The molecule has 11 nitrogen and oxygen atoms in total. The minimum atomic E-state index is -0.949. The largest absolute Gasteiger partial charge is 0.493 e. The Morgan fingerprint density at radius 2 is 1.89 bits per heavy atom. The molecule has 0 saturated carbocycles. The van der Waals surface area contributed by atoms with Gasteiger partial charge in [-0.05, 0) is 74.9 Å². The molecule has 3 heterocycles. The topological polar surface area (TPSA) is 115 Å². The van der Waals surface area contributed by atoms with Crippen LogP contribution in [-0.4, -0.2) is 77.7 Å². The molecule has 2 aromatic carbocycles. The molecule has 0 radical (unpaired) electrons. The SMILES string of the molecule is CN1C(=O)[C@@H](NC(=O)n2cc(Cc3cccc(F)c3)cn2)COc2ccc(OCC3CCN(C(=O)OC(C)(C)C)CC3)cc21. The van der Waals surface area contributed by atoms with E-state index < -0.39 is 17.7 Å². The molecule has 0 bridgehead atoms. The number of carbonyl (C=O) groups is 3. The molecule has 1 saturated heterocycles. The van der Waals surface area contributed by atoms with Gasteiger partial charge in [-0.15, -0.1) is 0 Å². The number of rotatable bonds is 6. The Balaban J connectivity index is 1.14. The minimum Gasteiger partial charge on any atom is -0.493 e. The molecule has 12 heteroatoms. The number of fused-ring (bicyclic) bond motifs is 1. The van der Waals surface area contributed by atoms with Crippen molar-refractivity contribution in [3.8, 4) is 11.5 Å². The van der Waals surface area contributed by atoms with E-state index in [0.29, 0.717) is 43.3 Å². The van der Waals surface area contributed by atoms with E-state index in [1.807, 2.05) is 20.8 Å². The van der Waals surface area contributed by atoms with Gasteiger partial charge in [-0.1, -0.05) is 12.1 Å². The first-order valence-electron chi connectivity index (χ1n) is 14.7. The van der Waals surface area contributed by atoms with Gasteiger partial charge >= 0.3 is 12.1 Å². The van der Waals surface area contributed by atoms with Crippen LogP contribution >= 0.6 is 0 Å². The summed E-state index contributed by atoms with van der Waals surface area (Å²) in [7, 11) is 1.62. The second-order valence-electron chi connectivity index (χ2n) is 12.2. The van der Waals surface area contributed by atoms with Crippen LogP contribution < -0.4 is 19.7 Å². The van der Waals surface area contributed by atoms with E-state index in [0.717, 1.165) is 28.7 Å². The Kier molecular flexibility index (Phi) is 9.07. The summed E-state index contributed by atoms with van der Waals surface area (Å²) in [4.78, 5) is 41.8. The number of aromatic nitrogens is 2. The quantitative estimate of drug-likeness (QED) is 0.435. The van der Waals surface area contributed by atoms with Gasteiger partial charge in [0.05, 0.1) is 18.5 Å². The summed E-state index contributed by atoms with van der Waals surface area (Å²) in [6.45, 7) is 7.20. The van der Waals surface area contributed by atoms with Crippen LogP contribution in [0.5, 0.6) is 11.5 Å². The van der Waals surface area contributed by atoms with Crippen molar-refractivity contribution in [1.82, 2.24) is 20.0 Å². The van der Waals surface area contributed by atoms with E-state index in [1.54, 1.807) is 48.5 Å². The van der Waals surface area contributed by atoms with Crippen LogP contribution in [0.3, 0.4) is 0 Å². The fourth-order valence-corrected chi connectivity index (χ4v) is 5.15. The Bertz CT molecular complexity index is 1510. The van der Waals surface area contributed by atoms with Crippen molar-refractivity contribution in [2.45, 2.75) is 51.7 Å². The molecule has 3 aromatic rings. The average molecular weight is 608 g/mol. The predicted octanol–water partition coefficient (Wildman–Crippen LogP) is 4.62. The third-order valence-corrected chi connectivity index (χ3v) is 7.52. The van der Waals surface area contributed by atoms with Gasteiger partial charge in [-0.3, -0.25) is 4.79 Å². The van der Waals surface area contributed by atoms with Crippen molar-refractivity contribution in [2.75, 3.05) is 38.3 Å². The number of anilines is 1. The zero-order valence-corrected chi connectivity index (χ0v) is 25.4. The standard InChI is InChI=1S/C32H38FN5O6/c1-32(2,3)44-31(41)37-12-10-21(11-13-37)19-42-25-8-9-28-27(16-25)36(4)29(39)26(20-43-28)35-30(40)38-18-23(17-34-38)14-22-6-5-7-24(33)15-22/h5-9,15-18,21,26H,10-14,19-20H2,1-4H3,(H,35,40)/t26-/m0/s1. The number of halogens is 1. The van der Waals surface area contributed by atoms with Gasteiger partial charge in [0.15, 0.2) is 0 Å². The van der Waals surface area contributed by atoms with Crippen molar-refractivity contribution < 1.29 is 33.0 Å². The van der Waals surface area contributed by atoms with Gasteiger partial charge in [-0.25, -0.2) is 14.0 Å². The highest BCUT2D eigenvalue weighted by atomic mass is 19.1. The lowest BCUT2D eigenvalue weighted by Crippen LogP contribution is -2.50. The van der Waals surface area contributed by atoms with Gasteiger partial charge in [0.25, 0.3) is 5.91 Å². The molecule has 5 rings (SSSR count). The van der Waals surface area contributed by atoms with Crippen LogP contribution in [0.4, 0.5) is 19.7 Å². The summed E-state index contributed by atoms with van der Waals surface area (Å²) < 4.78 is 32.1. The summed E-state index contributed by atoms with van der Waals surface area (Å²) in [5, 5.41) is 6.81. The molecule has 1 N–H and O–H groups in total. The first kappa shape index (κ1) is 30.8. The molecule has 1 aromatic heterocycles. The molecule has 234 valence electrons. The van der Waals surface area contributed by atoms with Crippen molar-refractivity contribution in [2.24, 2.45) is 5.92 Å². The van der Waals surface area contributed by atoms with E-state index in [9.17, 15) is 18.8 Å². The summed E-state index contributed by atoms with van der Waals surface area (Å²) in [6, 6.07) is 9.97. The van der Waals surface area contributed by atoms with Gasteiger partial charge in [0.2, 0.25) is 0 Å². The number of hydrogen-bond donors (Lipinski definition) is 1. The number of ether oxygens (including phenoxy) is 3. The number of benzene rings is 2. The lowest BCUT2D eigenvalue weighted by molar-refractivity contribution is -0.120. The Labute approximate surface area is 255 Å². The van der Waals surface area contributed by atoms with Crippen molar-refractivity contribution >= 4 is 23.7 Å². The molecule has 2 aliphatic heterocycles. The number of likely N-dealkylation sites (N-methyl/N-ethyl adjacent to an activating group) is 1. The highest BCUT2D eigenvalue weighted by Gasteiger charge is 2.32. The third kappa shape index (κ3) is 7.66. The molecule has 1 atom stereocenters. The second-order valence-corrected chi connectivity index (χ2v) is 12.2. The minimum absolute atomic E-state index is 0.0598. The van der Waals surface area contributed by atoms with Crippen LogP contribution in [0.1, 0.15) is 44.7 Å². The fourth-order valence-electron chi connectivity index (χ4n) is 5.15. The van der Waals surface area contributed by atoms with Gasteiger partial charge in [0.1, 0.15) is 35.6 Å². The van der Waals surface area contributed by atoms with Crippen molar-refractivity contribution in [3.05, 3.63) is 71.8 Å². The lowest BCUT2D eigenvalue weighted by Gasteiger charge is -2.33. The maximum atomic E-state index is 13.5. The average Bonchev–Trinajstić information content (AvgIpc) is 3.41. The Morgan fingerprint density at radius 3 is 2.61 bits per heavy atom. The van der Waals surface area contributed by atoms with Crippen molar-refractivity contribution in [1.29, 1.82) is 0 Å². The molecule has 2 aliphatic rings. The molecule has 0 unspecified atom stereocenters. The van der Waals surface area contributed by atoms with E-state index in [4.69, 9.17) is 14.2 Å². The van der Waals surface area contributed by atoms with Gasteiger partial charge < -0.3 is 29.3 Å². The number of carbonyl (C=O) groups excluding carboxylic acids is 3. The number of likely N-dealkylation sites (tertiary alicyclic amines) is 1. The highest BCUT2D eigenvalue weighted by molar-refractivity contribution is 6.00. The van der Waals surface area contributed by atoms with Crippen LogP contribution in [0, 0.1) is 11.7 Å². The van der Waals surface area contributed by atoms with E-state index >= 15 is 0 Å². The van der Waals surface area contributed by atoms with Crippen LogP contribution in [0.15, 0.2) is 54.9 Å². The van der Waals surface area contributed by atoms with E-state index in [-0.39, 0.29) is 30.3 Å². The molecule has 0 aliphatic carbocycles. The van der Waals surface area contributed by atoms with E-state index in [2.05, 4.69) is 10.4 Å². The summed E-state index contributed by atoms with van der Waals surface area (Å²) in [5.41, 5.74) is 1.48. The third-order valence-electron chi connectivity index (χ3n) is 7.52. The monoisotopic (exact) mass is 607 g/mol. The summed E-state index contributed by atoms with van der Waals surface area (Å²) >= 11 is 0. The molecule has 3 amide bonds. The summed E-state index contributed by atoms with van der Waals surface area (Å²) in [5.74, 6) is 0.675. The van der Waals surface area contributed by atoms with Crippen molar-refractivity contribution in [3.63, 3.8) is 0 Å². The molecule has 1 fully saturated rings. The highest BCUT2D eigenvalue weighted by Crippen LogP contribution is 2.34. The Hall–Kier alpha value is -4.61. The zero-order valence-electron chi connectivity index (χ0n) is 25.4. The number of amides is 3. The molecular weight excluding hydrogens is 569 g/mol. The molecule has 0 spiro atoms. The maximum Gasteiger partial charge on any atom is 0.410 e. The smallest absolute Gasteiger partial charge is 0.410 e. The normalized spacial score (nSPS) is 17.4. The van der Waals surface area contributed by atoms with Crippen LogP contribution in [-0.2, 0) is 16.0 Å². The van der Waals surface area contributed by atoms with Gasteiger partial charge in [-0.2, -0.15) is 9.78 Å². The summed E-state index contributed by atoms with van der Waals surface area (Å²) in [6.07, 6.45) is 4.80. The first-order chi connectivity index (χ1) is 20.9. The number of nitrogens with zero attached hydrogens (tertiary/aromatic N) is 4. The van der Waals surface area contributed by atoms with Gasteiger partial charge in [0, 0.05) is 38.8 Å². The maximum absolute atomic E-state index is 13.5. The molecule has 44 heavy (non-hydrogen) atoms. The fraction of sp³-hybridized carbons (Fsp3) is 0.438. The number of hydrogen-bond acceptors (Lipinski definition) is 7. The van der Waals surface area contributed by atoms with Crippen LogP contribution in [0.25, 0.3) is 0 Å². The number of nitrogens with one attached hydrogen (secondary N) is 1. The zero-order chi connectivity index (χ0) is 31.4. The first-order valence-corrected chi connectivity index (χ1v) is 14.7. The second kappa shape index (κ2) is 12.9. The Morgan fingerprint density at radius 1 is 1.11 bits per heavy atom.